The highest BCUT2D eigenvalue weighted by atomic mass is 19.1. The van der Waals surface area contributed by atoms with Crippen molar-refractivity contribution < 1.29 is 8.78 Å². The second-order valence-electron chi connectivity index (χ2n) is 7.05. The Morgan fingerprint density at radius 3 is 2.25 bits per heavy atom. The molecular formula is C23H19F2N7. The molecule has 0 aliphatic carbocycles. The van der Waals surface area contributed by atoms with Gasteiger partial charge in [0.2, 0.25) is 0 Å². The lowest BCUT2D eigenvalue weighted by Gasteiger charge is -2.05. The number of hydrogen-bond acceptors (Lipinski definition) is 6. The maximum Gasteiger partial charge on any atom is 0.148 e. The Morgan fingerprint density at radius 2 is 1.62 bits per heavy atom. The van der Waals surface area contributed by atoms with Crippen molar-refractivity contribution in [3.05, 3.63) is 83.6 Å². The number of aryl methyl sites for hydroxylation is 1. The molecule has 0 fully saturated rings. The van der Waals surface area contributed by atoms with E-state index in [4.69, 9.17) is 5.73 Å². The molecule has 0 saturated heterocycles. The summed E-state index contributed by atoms with van der Waals surface area (Å²) < 4.78 is 27.7. The fourth-order valence-electron chi connectivity index (χ4n) is 3.23. The summed E-state index contributed by atoms with van der Waals surface area (Å²) in [5, 5.41) is 25.4. The highest BCUT2D eigenvalue weighted by Crippen LogP contribution is 2.22. The molecule has 2 aromatic heterocycles. The highest BCUT2D eigenvalue weighted by Gasteiger charge is 2.16. The summed E-state index contributed by atoms with van der Waals surface area (Å²) >= 11 is 0. The van der Waals surface area contributed by atoms with Crippen LogP contribution in [0.3, 0.4) is 0 Å². The smallest absolute Gasteiger partial charge is 0.148 e. The van der Waals surface area contributed by atoms with Crippen LogP contribution in [0.2, 0.25) is 0 Å². The van der Waals surface area contributed by atoms with Gasteiger partial charge in [-0.15, -0.1) is 10.2 Å². The van der Waals surface area contributed by atoms with Gasteiger partial charge < -0.3 is 11.1 Å². The summed E-state index contributed by atoms with van der Waals surface area (Å²) in [6.07, 6.45) is 1.20. The summed E-state index contributed by atoms with van der Waals surface area (Å²) in [6.45, 7) is 0.582. The van der Waals surface area contributed by atoms with E-state index in [0.717, 1.165) is 5.56 Å². The Labute approximate surface area is 183 Å². The van der Waals surface area contributed by atoms with Gasteiger partial charge in [-0.05, 0) is 73.5 Å². The number of nitrogens with two attached hydrogens (primary N) is 1. The molecule has 160 valence electrons. The summed E-state index contributed by atoms with van der Waals surface area (Å²) in [6, 6.07) is 17.5. The number of rotatable bonds is 7. The number of anilines is 2. The molecule has 2 heterocycles. The number of nitriles is 1. The van der Waals surface area contributed by atoms with Gasteiger partial charge in [-0.3, -0.25) is 0 Å². The third kappa shape index (κ3) is 4.54. The first-order valence-corrected chi connectivity index (χ1v) is 9.92. The van der Waals surface area contributed by atoms with Gasteiger partial charge in [-0.1, -0.05) is 0 Å². The molecule has 3 N–H and O–H groups in total. The van der Waals surface area contributed by atoms with E-state index < -0.39 is 0 Å². The maximum atomic E-state index is 13.2. The minimum atomic E-state index is -0.361. The van der Waals surface area contributed by atoms with Gasteiger partial charge in [0.05, 0.1) is 17.1 Å². The van der Waals surface area contributed by atoms with Crippen LogP contribution in [0.15, 0.2) is 60.7 Å². The first-order chi connectivity index (χ1) is 15.5. The van der Waals surface area contributed by atoms with Gasteiger partial charge in [0, 0.05) is 12.1 Å². The number of nitrogen functional groups attached to an aromatic ring is 1. The van der Waals surface area contributed by atoms with E-state index in [1.165, 1.54) is 28.9 Å². The van der Waals surface area contributed by atoms with Crippen molar-refractivity contribution in [1.82, 2.24) is 20.0 Å². The SMILES string of the molecule is N#Cc1c(CCCNc2ccc(-c3ccc(F)cc3)nn2)nn(-c2ccc(F)cc2)c1N. The highest BCUT2D eigenvalue weighted by molar-refractivity contribution is 5.59. The molecule has 0 unspecified atom stereocenters. The molecule has 2 aromatic carbocycles. The van der Waals surface area contributed by atoms with E-state index in [-0.39, 0.29) is 17.5 Å². The van der Waals surface area contributed by atoms with Gasteiger partial charge in [-0.25, -0.2) is 13.5 Å². The maximum absolute atomic E-state index is 13.2. The Bertz CT molecular complexity index is 1240. The number of halogens is 2. The van der Waals surface area contributed by atoms with E-state index in [1.54, 1.807) is 36.4 Å². The standard InChI is InChI=1S/C23H19F2N7/c24-16-5-3-15(4-6-16)20-11-12-22(30-29-20)28-13-1-2-21-19(14-26)23(27)32(31-21)18-9-7-17(25)8-10-18/h3-12H,1-2,13,27H2,(H,28,30). The summed E-state index contributed by atoms with van der Waals surface area (Å²) in [5.74, 6) is 0.168. The fraction of sp³-hybridized carbons (Fsp3) is 0.130. The lowest BCUT2D eigenvalue weighted by Crippen LogP contribution is -2.06. The normalized spacial score (nSPS) is 10.7. The molecule has 7 nitrogen and oxygen atoms in total. The Kier molecular flexibility index (Phi) is 6.03. The van der Waals surface area contributed by atoms with Crippen molar-refractivity contribution in [3.8, 4) is 23.0 Å². The Hall–Kier alpha value is -4.32. The molecule has 0 aliphatic heterocycles. The monoisotopic (exact) mass is 431 g/mol. The van der Waals surface area contributed by atoms with Crippen molar-refractivity contribution in [2.24, 2.45) is 0 Å². The van der Waals surface area contributed by atoms with Crippen molar-refractivity contribution in [3.63, 3.8) is 0 Å². The zero-order valence-corrected chi connectivity index (χ0v) is 17.0. The first-order valence-electron chi connectivity index (χ1n) is 9.92. The van der Waals surface area contributed by atoms with Crippen LogP contribution in [0.4, 0.5) is 20.4 Å². The average molecular weight is 431 g/mol. The van der Waals surface area contributed by atoms with Gasteiger partial charge in [0.15, 0.2) is 0 Å². The molecule has 32 heavy (non-hydrogen) atoms. The number of nitrogens with one attached hydrogen (secondary N) is 1. The molecule has 4 aromatic rings. The van der Waals surface area contributed by atoms with Gasteiger partial charge >= 0.3 is 0 Å². The molecule has 0 atom stereocenters. The summed E-state index contributed by atoms with van der Waals surface area (Å²) in [7, 11) is 0. The molecule has 9 heteroatoms. The van der Waals surface area contributed by atoms with Crippen molar-refractivity contribution in [1.29, 1.82) is 5.26 Å². The van der Waals surface area contributed by atoms with Crippen molar-refractivity contribution >= 4 is 11.6 Å². The molecule has 0 aliphatic rings. The van der Waals surface area contributed by atoms with Crippen molar-refractivity contribution in [2.45, 2.75) is 12.8 Å². The summed E-state index contributed by atoms with van der Waals surface area (Å²) in [5.41, 5.74) is 8.99. The number of aromatic nitrogens is 4. The van der Waals surface area contributed by atoms with Crippen molar-refractivity contribution in [2.75, 3.05) is 17.6 Å². The number of benzene rings is 2. The van der Waals surface area contributed by atoms with Crippen LogP contribution in [0, 0.1) is 23.0 Å². The summed E-state index contributed by atoms with van der Waals surface area (Å²) in [4.78, 5) is 0. The molecule has 4 rings (SSSR count). The minimum absolute atomic E-state index is 0.226. The van der Waals surface area contributed by atoms with Crippen LogP contribution in [0.5, 0.6) is 0 Å². The second kappa shape index (κ2) is 9.22. The Morgan fingerprint density at radius 1 is 0.938 bits per heavy atom. The van der Waals surface area contributed by atoms with Crippen LogP contribution in [0.25, 0.3) is 16.9 Å². The molecule has 0 spiro atoms. The lowest BCUT2D eigenvalue weighted by molar-refractivity contribution is 0.627. The van der Waals surface area contributed by atoms with E-state index in [0.29, 0.717) is 47.8 Å². The van der Waals surface area contributed by atoms with E-state index in [1.807, 2.05) is 0 Å². The molecule has 0 saturated carbocycles. The van der Waals surface area contributed by atoms with Crippen LogP contribution in [-0.4, -0.2) is 26.5 Å². The van der Waals surface area contributed by atoms with Crippen LogP contribution in [-0.2, 0) is 6.42 Å². The predicted molar refractivity (Wildman–Crippen MR) is 117 cm³/mol. The lowest BCUT2D eigenvalue weighted by atomic mass is 10.1. The first kappa shape index (κ1) is 20.9. The fourth-order valence-corrected chi connectivity index (χ4v) is 3.23. The van der Waals surface area contributed by atoms with Gasteiger partial charge in [0.1, 0.15) is 34.9 Å². The number of hydrogen-bond donors (Lipinski definition) is 2. The largest absolute Gasteiger partial charge is 0.382 e. The molecular weight excluding hydrogens is 412 g/mol. The molecule has 0 bridgehead atoms. The van der Waals surface area contributed by atoms with Crippen LogP contribution in [0.1, 0.15) is 17.7 Å². The zero-order valence-electron chi connectivity index (χ0n) is 17.0. The van der Waals surface area contributed by atoms with E-state index in [2.05, 4.69) is 26.7 Å². The third-order valence-electron chi connectivity index (χ3n) is 4.88. The van der Waals surface area contributed by atoms with Gasteiger partial charge in [0.25, 0.3) is 0 Å². The van der Waals surface area contributed by atoms with E-state index >= 15 is 0 Å². The Balaban J connectivity index is 1.36. The third-order valence-corrected chi connectivity index (χ3v) is 4.88. The second-order valence-corrected chi connectivity index (χ2v) is 7.05. The average Bonchev–Trinajstić information content (AvgIpc) is 3.13. The number of nitrogens with zero attached hydrogens (tertiary/aromatic N) is 5. The van der Waals surface area contributed by atoms with E-state index in [9.17, 15) is 14.0 Å². The molecule has 0 radical (unpaired) electrons. The van der Waals surface area contributed by atoms with Crippen LogP contribution >= 0.6 is 0 Å². The van der Waals surface area contributed by atoms with Gasteiger partial charge in [-0.2, -0.15) is 10.4 Å². The quantitative estimate of drug-likeness (QED) is 0.427. The topological polar surface area (TPSA) is 105 Å². The molecule has 0 amide bonds. The minimum Gasteiger partial charge on any atom is -0.382 e. The predicted octanol–water partition coefficient (Wildman–Crippen LogP) is 4.11. The van der Waals surface area contributed by atoms with Crippen LogP contribution < -0.4 is 11.1 Å². The zero-order chi connectivity index (χ0) is 22.5.